The molecule has 1 aliphatic heterocycles. The fourth-order valence-electron chi connectivity index (χ4n) is 4.02. The molecule has 1 aliphatic carbocycles. The van der Waals surface area contributed by atoms with Gasteiger partial charge in [-0.15, -0.1) is 0 Å². The lowest BCUT2D eigenvalue weighted by Crippen LogP contribution is -2.47. The van der Waals surface area contributed by atoms with Crippen LogP contribution in [0.15, 0.2) is 24.3 Å². The topological polar surface area (TPSA) is 35.6 Å². The van der Waals surface area contributed by atoms with Gasteiger partial charge in [-0.2, -0.15) is 0 Å². The molecule has 25 heavy (non-hydrogen) atoms. The number of nitrogens with one attached hydrogen (secondary N) is 1. The molecule has 0 bridgehead atoms. The first-order valence-electron chi connectivity index (χ1n) is 9.70. The molecule has 1 saturated heterocycles. The molecule has 1 N–H and O–H groups in total. The summed E-state index contributed by atoms with van der Waals surface area (Å²) in [4.78, 5) is 16.9. The van der Waals surface area contributed by atoms with Gasteiger partial charge in [0.2, 0.25) is 5.91 Å². The van der Waals surface area contributed by atoms with Crippen molar-refractivity contribution < 1.29 is 9.18 Å². The lowest BCUT2D eigenvalue weighted by molar-refractivity contribution is -0.132. The molecule has 1 aromatic carbocycles. The second-order valence-electron chi connectivity index (χ2n) is 7.20. The van der Waals surface area contributed by atoms with Gasteiger partial charge in [-0.3, -0.25) is 9.69 Å². The normalized spacial score (nSPS) is 18.9. The third-order valence-electron chi connectivity index (χ3n) is 5.55. The van der Waals surface area contributed by atoms with Crippen LogP contribution in [0.4, 0.5) is 4.39 Å². The molecule has 0 unspecified atom stereocenters. The minimum Gasteiger partial charge on any atom is -0.340 e. The van der Waals surface area contributed by atoms with E-state index in [-0.39, 0.29) is 11.7 Å². The SMILES string of the molecule is O=C(CCN(CCc1ccccc1F)C1CCCC1)N1CCNCC1. The van der Waals surface area contributed by atoms with Crippen molar-refractivity contribution in [3.63, 3.8) is 0 Å². The van der Waals surface area contributed by atoms with Gasteiger partial charge in [-0.25, -0.2) is 4.39 Å². The highest BCUT2D eigenvalue weighted by Gasteiger charge is 2.24. The number of hydrogen-bond acceptors (Lipinski definition) is 3. The van der Waals surface area contributed by atoms with Crippen LogP contribution < -0.4 is 5.32 Å². The summed E-state index contributed by atoms with van der Waals surface area (Å²) < 4.78 is 13.9. The van der Waals surface area contributed by atoms with Crippen LogP contribution in [0.1, 0.15) is 37.7 Å². The van der Waals surface area contributed by atoms with Crippen LogP contribution in [-0.2, 0) is 11.2 Å². The van der Waals surface area contributed by atoms with Gasteiger partial charge < -0.3 is 10.2 Å². The largest absolute Gasteiger partial charge is 0.340 e. The summed E-state index contributed by atoms with van der Waals surface area (Å²) >= 11 is 0. The van der Waals surface area contributed by atoms with Gasteiger partial charge >= 0.3 is 0 Å². The Bertz CT molecular complexity index is 554. The van der Waals surface area contributed by atoms with Crippen molar-refractivity contribution >= 4 is 5.91 Å². The standard InChI is InChI=1S/C20H30FN3O/c21-19-8-4-1-5-17(19)9-13-23(18-6-2-3-7-18)14-10-20(25)24-15-11-22-12-16-24/h1,4-5,8,18,22H,2-3,6-7,9-16H2. The molecule has 1 amide bonds. The van der Waals surface area contributed by atoms with Crippen LogP contribution in [0.5, 0.6) is 0 Å². The zero-order valence-corrected chi connectivity index (χ0v) is 15.1. The van der Waals surface area contributed by atoms with Gasteiger partial charge in [0.05, 0.1) is 0 Å². The molecule has 0 aromatic heterocycles. The number of piperazine rings is 1. The van der Waals surface area contributed by atoms with Gasteiger partial charge in [0.25, 0.3) is 0 Å². The molecular weight excluding hydrogens is 317 g/mol. The Kier molecular flexibility index (Phi) is 6.82. The number of halogens is 1. The molecule has 2 aliphatic rings. The summed E-state index contributed by atoms with van der Waals surface area (Å²) in [5.74, 6) is 0.140. The molecule has 0 atom stereocenters. The molecule has 1 saturated carbocycles. The Morgan fingerprint density at radius 3 is 2.60 bits per heavy atom. The Morgan fingerprint density at radius 1 is 1.16 bits per heavy atom. The fraction of sp³-hybridized carbons (Fsp3) is 0.650. The fourth-order valence-corrected chi connectivity index (χ4v) is 4.02. The van der Waals surface area contributed by atoms with E-state index in [1.165, 1.54) is 31.7 Å². The van der Waals surface area contributed by atoms with Crippen LogP contribution in [0.3, 0.4) is 0 Å². The first-order valence-corrected chi connectivity index (χ1v) is 9.70. The third-order valence-corrected chi connectivity index (χ3v) is 5.55. The van der Waals surface area contributed by atoms with Crippen LogP contribution in [0.2, 0.25) is 0 Å². The highest BCUT2D eigenvalue weighted by atomic mass is 19.1. The van der Waals surface area contributed by atoms with Crippen molar-refractivity contribution in [2.24, 2.45) is 0 Å². The van der Waals surface area contributed by atoms with Crippen LogP contribution in [0.25, 0.3) is 0 Å². The summed E-state index contributed by atoms with van der Waals surface area (Å²) in [5, 5.41) is 3.28. The summed E-state index contributed by atoms with van der Waals surface area (Å²) in [6, 6.07) is 7.59. The lowest BCUT2D eigenvalue weighted by Gasteiger charge is -2.31. The Hall–Kier alpha value is -1.46. The van der Waals surface area contributed by atoms with Crippen molar-refractivity contribution in [1.82, 2.24) is 15.1 Å². The molecule has 2 fully saturated rings. The maximum absolute atomic E-state index is 13.9. The third kappa shape index (κ3) is 5.25. The van der Waals surface area contributed by atoms with Crippen molar-refractivity contribution in [2.45, 2.75) is 44.6 Å². The van der Waals surface area contributed by atoms with Crippen molar-refractivity contribution in [3.8, 4) is 0 Å². The second-order valence-corrected chi connectivity index (χ2v) is 7.20. The maximum atomic E-state index is 13.9. The average molecular weight is 347 g/mol. The molecule has 0 spiro atoms. The van der Waals surface area contributed by atoms with Gasteiger partial charge in [0, 0.05) is 51.7 Å². The number of hydrogen-bond donors (Lipinski definition) is 1. The predicted molar refractivity (Wildman–Crippen MR) is 98.0 cm³/mol. The van der Waals surface area contributed by atoms with Crippen LogP contribution in [-0.4, -0.2) is 61.0 Å². The minimum atomic E-state index is -0.120. The van der Waals surface area contributed by atoms with Gasteiger partial charge in [-0.1, -0.05) is 31.0 Å². The van der Waals surface area contributed by atoms with Crippen molar-refractivity contribution in [1.29, 1.82) is 0 Å². The summed E-state index contributed by atoms with van der Waals surface area (Å²) in [6.45, 7) is 5.05. The number of rotatable bonds is 7. The van der Waals surface area contributed by atoms with Gasteiger partial charge in [0.15, 0.2) is 0 Å². The molecular formula is C20H30FN3O. The van der Waals surface area contributed by atoms with Gasteiger partial charge in [-0.05, 0) is 30.9 Å². The van der Waals surface area contributed by atoms with Gasteiger partial charge in [0.1, 0.15) is 5.82 Å². The van der Waals surface area contributed by atoms with E-state index in [1.54, 1.807) is 6.07 Å². The Morgan fingerprint density at radius 2 is 1.88 bits per heavy atom. The van der Waals surface area contributed by atoms with E-state index in [4.69, 9.17) is 0 Å². The molecule has 4 nitrogen and oxygen atoms in total. The summed E-state index contributed by atoms with van der Waals surface area (Å²) in [5.41, 5.74) is 0.777. The molecule has 0 radical (unpaired) electrons. The van der Waals surface area contributed by atoms with Crippen LogP contribution >= 0.6 is 0 Å². The molecule has 138 valence electrons. The number of carbonyl (C=O) groups excluding carboxylic acids is 1. The number of nitrogens with zero attached hydrogens (tertiary/aromatic N) is 2. The Labute approximate surface area is 150 Å². The van der Waals surface area contributed by atoms with E-state index in [0.29, 0.717) is 18.9 Å². The first kappa shape index (κ1) is 18.3. The molecule has 1 aromatic rings. The zero-order chi connectivity index (χ0) is 17.5. The average Bonchev–Trinajstić information content (AvgIpc) is 3.18. The quantitative estimate of drug-likeness (QED) is 0.823. The maximum Gasteiger partial charge on any atom is 0.223 e. The Balaban J connectivity index is 1.53. The number of carbonyl (C=O) groups is 1. The van der Waals surface area contributed by atoms with E-state index in [1.807, 2.05) is 17.0 Å². The van der Waals surface area contributed by atoms with Crippen molar-refractivity contribution in [3.05, 3.63) is 35.6 Å². The smallest absolute Gasteiger partial charge is 0.223 e. The first-order chi connectivity index (χ1) is 12.2. The monoisotopic (exact) mass is 347 g/mol. The number of amides is 1. The molecule has 3 rings (SSSR count). The summed E-state index contributed by atoms with van der Waals surface area (Å²) in [6.07, 6.45) is 6.25. The van der Waals surface area contributed by atoms with E-state index >= 15 is 0 Å². The van der Waals surface area contributed by atoms with E-state index in [2.05, 4.69) is 10.2 Å². The molecule has 1 heterocycles. The lowest BCUT2D eigenvalue weighted by atomic mass is 10.1. The minimum absolute atomic E-state index is 0.120. The summed E-state index contributed by atoms with van der Waals surface area (Å²) in [7, 11) is 0. The second kappa shape index (κ2) is 9.30. The van der Waals surface area contributed by atoms with Crippen LogP contribution in [0, 0.1) is 5.82 Å². The number of benzene rings is 1. The highest BCUT2D eigenvalue weighted by molar-refractivity contribution is 5.76. The molecule has 5 heteroatoms. The van der Waals surface area contributed by atoms with E-state index < -0.39 is 0 Å². The van der Waals surface area contributed by atoms with Crippen molar-refractivity contribution in [2.75, 3.05) is 39.3 Å². The van der Waals surface area contributed by atoms with E-state index in [9.17, 15) is 9.18 Å². The van der Waals surface area contributed by atoms with E-state index in [0.717, 1.165) is 44.8 Å². The highest BCUT2D eigenvalue weighted by Crippen LogP contribution is 2.24. The predicted octanol–water partition coefficient (Wildman–Crippen LogP) is 2.43. The zero-order valence-electron chi connectivity index (χ0n) is 15.1.